The van der Waals surface area contributed by atoms with Gasteiger partial charge < -0.3 is 5.32 Å². The molecule has 0 fully saturated rings. The van der Waals surface area contributed by atoms with Gasteiger partial charge in [0.25, 0.3) is 0 Å². The maximum Gasteiger partial charge on any atom is 0.125 e. The molecule has 82 valence electrons. The number of benzene rings is 1. The Labute approximate surface area is 92.4 Å². The molecule has 1 aromatic heterocycles. The lowest BCUT2D eigenvalue weighted by Gasteiger charge is -2.11. The number of H-pyrrole nitrogens is 1. The normalized spacial score (nSPS) is 16.4. The minimum absolute atomic E-state index is 0.234. The first-order valence-electron chi connectivity index (χ1n) is 5.38. The molecule has 3 nitrogen and oxygen atoms in total. The molecule has 0 radical (unpaired) electrons. The summed E-state index contributed by atoms with van der Waals surface area (Å²) in [6.07, 6.45) is 3.11. The molecule has 1 aliphatic rings. The molecule has 0 saturated carbocycles. The third kappa shape index (κ3) is 1.51. The van der Waals surface area contributed by atoms with E-state index in [-0.39, 0.29) is 5.82 Å². The molecule has 0 aliphatic carbocycles. The van der Waals surface area contributed by atoms with Crippen molar-refractivity contribution in [1.29, 1.82) is 0 Å². The monoisotopic (exact) mass is 217 g/mol. The Kier molecular flexibility index (Phi) is 2.22. The highest BCUT2D eigenvalue weighted by Gasteiger charge is 2.12. The van der Waals surface area contributed by atoms with Crippen LogP contribution in [0.25, 0.3) is 16.5 Å². The Morgan fingerprint density at radius 3 is 3.06 bits per heavy atom. The average Bonchev–Trinajstić information content (AvgIpc) is 2.73. The third-order valence-corrected chi connectivity index (χ3v) is 2.89. The Bertz CT molecular complexity index is 556. The molecular weight excluding hydrogens is 205 g/mol. The van der Waals surface area contributed by atoms with E-state index in [4.69, 9.17) is 0 Å². The number of aromatic amines is 1. The van der Waals surface area contributed by atoms with Gasteiger partial charge in [0.15, 0.2) is 0 Å². The topological polar surface area (TPSA) is 40.7 Å². The molecule has 0 saturated heterocycles. The molecule has 0 bridgehead atoms. The maximum absolute atomic E-state index is 13.0. The highest BCUT2D eigenvalue weighted by Crippen LogP contribution is 2.25. The summed E-state index contributed by atoms with van der Waals surface area (Å²) in [6, 6.07) is 4.74. The van der Waals surface area contributed by atoms with Crippen molar-refractivity contribution < 1.29 is 4.39 Å². The van der Waals surface area contributed by atoms with Crippen LogP contribution in [0.3, 0.4) is 0 Å². The number of hydrogen-bond donors (Lipinski definition) is 2. The van der Waals surface area contributed by atoms with Crippen LogP contribution < -0.4 is 5.32 Å². The van der Waals surface area contributed by atoms with Crippen molar-refractivity contribution in [3.05, 3.63) is 35.8 Å². The van der Waals surface area contributed by atoms with Gasteiger partial charge in [-0.05, 0) is 36.7 Å². The van der Waals surface area contributed by atoms with Gasteiger partial charge in [0, 0.05) is 11.9 Å². The molecular formula is C12H12FN3. The molecule has 2 N–H and O–H groups in total. The zero-order chi connectivity index (χ0) is 11.0. The largest absolute Gasteiger partial charge is 0.313 e. The fourth-order valence-electron chi connectivity index (χ4n) is 2.07. The number of nitrogens with one attached hydrogen (secondary N) is 2. The lowest BCUT2D eigenvalue weighted by molar-refractivity contribution is 0.629. The third-order valence-electron chi connectivity index (χ3n) is 2.89. The minimum atomic E-state index is -0.234. The molecule has 1 aromatic carbocycles. The van der Waals surface area contributed by atoms with E-state index in [1.165, 1.54) is 17.7 Å². The molecule has 0 amide bonds. The van der Waals surface area contributed by atoms with Gasteiger partial charge in [-0.1, -0.05) is 6.08 Å². The second-order valence-corrected chi connectivity index (χ2v) is 3.95. The Hall–Kier alpha value is -1.68. The van der Waals surface area contributed by atoms with Gasteiger partial charge in [-0.2, -0.15) is 5.10 Å². The quantitative estimate of drug-likeness (QED) is 0.767. The van der Waals surface area contributed by atoms with E-state index in [0.717, 1.165) is 36.1 Å². The molecule has 3 rings (SSSR count). The van der Waals surface area contributed by atoms with Crippen molar-refractivity contribution in [2.24, 2.45) is 0 Å². The van der Waals surface area contributed by atoms with Crippen LogP contribution in [0.1, 0.15) is 12.1 Å². The van der Waals surface area contributed by atoms with Gasteiger partial charge in [-0.25, -0.2) is 4.39 Å². The number of hydrogen-bond acceptors (Lipinski definition) is 2. The highest BCUT2D eigenvalue weighted by atomic mass is 19.1. The smallest absolute Gasteiger partial charge is 0.125 e. The molecule has 4 heteroatoms. The van der Waals surface area contributed by atoms with Crippen LogP contribution in [-0.2, 0) is 0 Å². The van der Waals surface area contributed by atoms with Crippen LogP contribution in [0, 0.1) is 5.82 Å². The van der Waals surface area contributed by atoms with Crippen LogP contribution >= 0.6 is 0 Å². The fraction of sp³-hybridized carbons (Fsp3) is 0.250. The zero-order valence-corrected chi connectivity index (χ0v) is 8.76. The molecule has 2 heterocycles. The van der Waals surface area contributed by atoms with Gasteiger partial charge >= 0.3 is 0 Å². The molecule has 2 aromatic rings. The SMILES string of the molecule is Fc1ccc2c(C3=CCNCC3)n[nH]c2c1. The van der Waals surface area contributed by atoms with Crippen LogP contribution in [0.5, 0.6) is 0 Å². The van der Waals surface area contributed by atoms with Gasteiger partial charge in [-0.15, -0.1) is 0 Å². The summed E-state index contributed by atoms with van der Waals surface area (Å²) in [7, 11) is 0. The second-order valence-electron chi connectivity index (χ2n) is 3.95. The molecule has 1 aliphatic heterocycles. The predicted octanol–water partition coefficient (Wildman–Crippen LogP) is 2.08. The average molecular weight is 217 g/mol. The standard InChI is InChI=1S/C12H12FN3/c13-9-1-2-10-11(7-9)15-16-12(10)8-3-5-14-6-4-8/h1-3,7,14H,4-6H2,(H,15,16). The first-order valence-corrected chi connectivity index (χ1v) is 5.38. The van der Waals surface area contributed by atoms with E-state index >= 15 is 0 Å². The van der Waals surface area contributed by atoms with Gasteiger partial charge in [0.05, 0.1) is 11.2 Å². The number of aromatic nitrogens is 2. The molecule has 0 unspecified atom stereocenters. The summed E-state index contributed by atoms with van der Waals surface area (Å²) in [6.45, 7) is 1.85. The van der Waals surface area contributed by atoms with Crippen molar-refractivity contribution in [2.75, 3.05) is 13.1 Å². The highest BCUT2D eigenvalue weighted by molar-refractivity contribution is 5.90. The van der Waals surface area contributed by atoms with E-state index in [2.05, 4.69) is 21.6 Å². The van der Waals surface area contributed by atoms with Crippen molar-refractivity contribution >= 4 is 16.5 Å². The first kappa shape index (κ1) is 9.54. The summed E-state index contributed by atoms with van der Waals surface area (Å²) in [5.74, 6) is -0.234. The number of halogens is 1. The Morgan fingerprint density at radius 1 is 1.31 bits per heavy atom. The predicted molar refractivity (Wildman–Crippen MR) is 61.5 cm³/mol. The van der Waals surface area contributed by atoms with Crippen LogP contribution in [0.2, 0.25) is 0 Å². The van der Waals surface area contributed by atoms with Crippen LogP contribution in [-0.4, -0.2) is 23.3 Å². The number of rotatable bonds is 1. The van der Waals surface area contributed by atoms with Crippen molar-refractivity contribution in [3.63, 3.8) is 0 Å². The Balaban J connectivity index is 2.13. The van der Waals surface area contributed by atoms with Gasteiger partial charge in [0.1, 0.15) is 5.82 Å². The zero-order valence-electron chi connectivity index (χ0n) is 8.76. The Morgan fingerprint density at radius 2 is 2.25 bits per heavy atom. The summed E-state index contributed by atoms with van der Waals surface area (Å²) < 4.78 is 13.0. The summed E-state index contributed by atoms with van der Waals surface area (Å²) in [5.41, 5.74) is 2.95. The van der Waals surface area contributed by atoms with E-state index in [9.17, 15) is 4.39 Å². The van der Waals surface area contributed by atoms with E-state index in [1.807, 2.05) is 0 Å². The minimum Gasteiger partial charge on any atom is -0.313 e. The van der Waals surface area contributed by atoms with Crippen molar-refractivity contribution in [2.45, 2.75) is 6.42 Å². The first-order chi connectivity index (χ1) is 7.84. The molecule has 0 atom stereocenters. The lowest BCUT2D eigenvalue weighted by atomic mass is 10.0. The number of nitrogens with zero attached hydrogens (tertiary/aromatic N) is 1. The maximum atomic E-state index is 13.0. The van der Waals surface area contributed by atoms with Crippen LogP contribution in [0.4, 0.5) is 4.39 Å². The van der Waals surface area contributed by atoms with Crippen molar-refractivity contribution in [3.8, 4) is 0 Å². The molecule has 16 heavy (non-hydrogen) atoms. The van der Waals surface area contributed by atoms with E-state index < -0.39 is 0 Å². The summed E-state index contributed by atoms with van der Waals surface area (Å²) in [4.78, 5) is 0. The second kappa shape index (κ2) is 3.72. The summed E-state index contributed by atoms with van der Waals surface area (Å²) >= 11 is 0. The number of fused-ring (bicyclic) bond motifs is 1. The van der Waals surface area contributed by atoms with Crippen LogP contribution in [0.15, 0.2) is 24.3 Å². The lowest BCUT2D eigenvalue weighted by Crippen LogP contribution is -2.20. The van der Waals surface area contributed by atoms with Gasteiger partial charge in [0.2, 0.25) is 0 Å². The fourth-order valence-corrected chi connectivity index (χ4v) is 2.07. The van der Waals surface area contributed by atoms with Crippen molar-refractivity contribution in [1.82, 2.24) is 15.5 Å². The van der Waals surface area contributed by atoms with E-state index in [1.54, 1.807) is 6.07 Å². The van der Waals surface area contributed by atoms with E-state index in [0.29, 0.717) is 0 Å². The molecule has 0 spiro atoms. The van der Waals surface area contributed by atoms with Gasteiger partial charge in [-0.3, -0.25) is 5.10 Å². The summed E-state index contributed by atoms with van der Waals surface area (Å²) in [5, 5.41) is 11.4.